The van der Waals surface area contributed by atoms with Crippen molar-refractivity contribution in [3.05, 3.63) is 39.8 Å². The summed E-state index contributed by atoms with van der Waals surface area (Å²) in [4.78, 5) is 7.73. The van der Waals surface area contributed by atoms with Gasteiger partial charge in [0.2, 0.25) is 0 Å². The highest BCUT2D eigenvalue weighted by Gasteiger charge is 2.13. The summed E-state index contributed by atoms with van der Waals surface area (Å²) in [6.45, 7) is 4.02. The first kappa shape index (κ1) is 15.2. The predicted octanol–water partition coefficient (Wildman–Crippen LogP) is 3.95. The summed E-state index contributed by atoms with van der Waals surface area (Å²) in [6.07, 6.45) is 1.81. The number of methoxy groups -OCH3 is 1. The minimum atomic E-state index is 0.580. The fraction of sp³-hybridized carbons (Fsp3) is 0.312. The van der Waals surface area contributed by atoms with E-state index in [1.54, 1.807) is 19.2 Å². The van der Waals surface area contributed by atoms with E-state index in [0.717, 1.165) is 35.5 Å². The van der Waals surface area contributed by atoms with Crippen molar-refractivity contribution >= 4 is 12.2 Å². The Morgan fingerprint density at radius 3 is 2.81 bits per heavy atom. The van der Waals surface area contributed by atoms with Crippen LogP contribution in [0, 0.1) is 22.9 Å². The van der Waals surface area contributed by atoms with E-state index in [-0.39, 0.29) is 0 Å². The fourth-order valence-corrected chi connectivity index (χ4v) is 2.39. The molecular formula is C16H17N3OS. The topological polar surface area (TPSA) is 61.7 Å². The Balaban J connectivity index is 2.71. The van der Waals surface area contributed by atoms with Gasteiger partial charge in [0.15, 0.2) is 0 Å². The summed E-state index contributed by atoms with van der Waals surface area (Å²) in [5, 5.41) is 9.10. The van der Waals surface area contributed by atoms with Crippen molar-refractivity contribution in [1.82, 2.24) is 9.97 Å². The molecule has 0 saturated carbocycles. The Hall–Kier alpha value is -2.19. The number of ether oxygens (including phenoxy) is 1. The van der Waals surface area contributed by atoms with Crippen LogP contribution in [0.1, 0.15) is 30.3 Å². The summed E-state index contributed by atoms with van der Waals surface area (Å²) in [5.74, 6) is 1.56. The molecule has 4 nitrogen and oxygen atoms in total. The SMILES string of the molecule is CCCc1nc(=S)c(C)c(-c2cc(C#N)ccc2OC)[nH]1. The highest BCUT2D eigenvalue weighted by Crippen LogP contribution is 2.32. The summed E-state index contributed by atoms with van der Waals surface area (Å²) in [7, 11) is 1.61. The molecule has 0 saturated heterocycles. The smallest absolute Gasteiger partial charge is 0.133 e. The van der Waals surface area contributed by atoms with E-state index in [1.807, 2.05) is 13.0 Å². The van der Waals surface area contributed by atoms with E-state index in [2.05, 4.69) is 23.0 Å². The van der Waals surface area contributed by atoms with Gasteiger partial charge in [0.25, 0.3) is 0 Å². The molecule has 0 radical (unpaired) electrons. The molecule has 0 fully saturated rings. The molecule has 1 heterocycles. The fourth-order valence-electron chi connectivity index (χ4n) is 2.18. The van der Waals surface area contributed by atoms with Crippen LogP contribution in [-0.2, 0) is 6.42 Å². The Labute approximate surface area is 129 Å². The third kappa shape index (κ3) is 3.11. The second-order valence-electron chi connectivity index (χ2n) is 4.77. The Morgan fingerprint density at radius 2 is 2.19 bits per heavy atom. The lowest BCUT2D eigenvalue weighted by Gasteiger charge is -2.13. The van der Waals surface area contributed by atoms with Crippen molar-refractivity contribution in [2.75, 3.05) is 7.11 Å². The molecule has 0 bridgehead atoms. The minimum absolute atomic E-state index is 0.580. The van der Waals surface area contributed by atoms with E-state index in [4.69, 9.17) is 22.2 Å². The number of benzene rings is 1. The number of nitriles is 1. The molecule has 21 heavy (non-hydrogen) atoms. The van der Waals surface area contributed by atoms with Gasteiger partial charge in [0, 0.05) is 17.5 Å². The highest BCUT2D eigenvalue weighted by atomic mass is 32.1. The average Bonchev–Trinajstić information content (AvgIpc) is 2.50. The van der Waals surface area contributed by atoms with Crippen molar-refractivity contribution in [3.8, 4) is 23.1 Å². The highest BCUT2D eigenvalue weighted by molar-refractivity contribution is 7.71. The standard InChI is InChI=1S/C16H17N3OS/c1-4-5-14-18-15(10(2)16(21)19-14)12-8-11(9-17)6-7-13(12)20-3/h6-8H,4-5H2,1-3H3,(H,18,19,21). The average molecular weight is 299 g/mol. The van der Waals surface area contributed by atoms with E-state index >= 15 is 0 Å². The normalized spacial score (nSPS) is 10.2. The van der Waals surface area contributed by atoms with Gasteiger partial charge in [0.1, 0.15) is 16.2 Å². The third-order valence-corrected chi connectivity index (χ3v) is 3.68. The van der Waals surface area contributed by atoms with E-state index in [0.29, 0.717) is 16.0 Å². The zero-order valence-corrected chi connectivity index (χ0v) is 13.2. The third-order valence-electron chi connectivity index (χ3n) is 3.29. The van der Waals surface area contributed by atoms with Crippen molar-refractivity contribution < 1.29 is 4.74 Å². The number of aryl methyl sites for hydroxylation is 1. The second-order valence-corrected chi connectivity index (χ2v) is 5.15. The number of nitrogens with zero attached hydrogens (tertiary/aromatic N) is 2. The van der Waals surface area contributed by atoms with E-state index in [1.165, 1.54) is 0 Å². The molecule has 0 spiro atoms. The number of aromatic amines is 1. The van der Waals surface area contributed by atoms with Crippen LogP contribution in [0.2, 0.25) is 0 Å². The number of H-pyrrole nitrogens is 1. The van der Waals surface area contributed by atoms with Gasteiger partial charge in [0.05, 0.1) is 24.4 Å². The van der Waals surface area contributed by atoms with Gasteiger partial charge in [-0.1, -0.05) is 19.1 Å². The molecule has 0 aliphatic heterocycles. The Kier molecular flexibility index (Phi) is 4.71. The maximum atomic E-state index is 9.10. The molecule has 0 unspecified atom stereocenters. The number of aromatic nitrogens is 2. The summed E-state index contributed by atoms with van der Waals surface area (Å²) in [6, 6.07) is 7.49. The number of nitrogens with one attached hydrogen (secondary N) is 1. The lowest BCUT2D eigenvalue weighted by molar-refractivity contribution is 0.416. The van der Waals surface area contributed by atoms with Gasteiger partial charge in [-0.3, -0.25) is 0 Å². The molecule has 0 aliphatic rings. The maximum absolute atomic E-state index is 9.10. The van der Waals surface area contributed by atoms with Gasteiger partial charge in [-0.05, 0) is 31.5 Å². The van der Waals surface area contributed by atoms with Crippen LogP contribution in [-0.4, -0.2) is 17.1 Å². The van der Waals surface area contributed by atoms with Gasteiger partial charge in [-0.15, -0.1) is 0 Å². The van der Waals surface area contributed by atoms with Gasteiger partial charge < -0.3 is 9.72 Å². The number of hydrogen-bond donors (Lipinski definition) is 1. The molecule has 2 aromatic rings. The van der Waals surface area contributed by atoms with Gasteiger partial charge in [-0.25, -0.2) is 4.98 Å². The van der Waals surface area contributed by atoms with E-state index < -0.39 is 0 Å². The largest absolute Gasteiger partial charge is 0.496 e. The van der Waals surface area contributed by atoms with Crippen molar-refractivity contribution in [2.45, 2.75) is 26.7 Å². The molecule has 1 aromatic heterocycles. The molecule has 5 heteroatoms. The van der Waals surface area contributed by atoms with E-state index in [9.17, 15) is 0 Å². The molecule has 108 valence electrons. The predicted molar refractivity (Wildman–Crippen MR) is 84.9 cm³/mol. The molecule has 1 aromatic carbocycles. The number of hydrogen-bond acceptors (Lipinski definition) is 4. The molecule has 0 aliphatic carbocycles. The molecule has 1 N–H and O–H groups in total. The minimum Gasteiger partial charge on any atom is -0.496 e. The first-order valence-corrected chi connectivity index (χ1v) is 7.19. The summed E-state index contributed by atoms with van der Waals surface area (Å²) >= 11 is 5.35. The summed E-state index contributed by atoms with van der Waals surface area (Å²) in [5.41, 5.74) is 3.17. The lowest BCUT2D eigenvalue weighted by atomic mass is 10.0. The van der Waals surface area contributed by atoms with Crippen molar-refractivity contribution in [1.29, 1.82) is 5.26 Å². The van der Waals surface area contributed by atoms with Crippen molar-refractivity contribution in [3.63, 3.8) is 0 Å². The molecular weight excluding hydrogens is 282 g/mol. The molecule has 2 rings (SSSR count). The van der Waals surface area contributed by atoms with Gasteiger partial charge >= 0.3 is 0 Å². The molecule has 0 atom stereocenters. The van der Waals surface area contributed by atoms with Gasteiger partial charge in [-0.2, -0.15) is 5.26 Å². The van der Waals surface area contributed by atoms with Crippen LogP contribution in [0.5, 0.6) is 5.75 Å². The number of rotatable bonds is 4. The zero-order chi connectivity index (χ0) is 15.4. The van der Waals surface area contributed by atoms with Crippen LogP contribution in [0.3, 0.4) is 0 Å². The zero-order valence-electron chi connectivity index (χ0n) is 12.4. The quantitative estimate of drug-likeness (QED) is 0.868. The van der Waals surface area contributed by atoms with Crippen molar-refractivity contribution in [2.24, 2.45) is 0 Å². The van der Waals surface area contributed by atoms with Crippen LogP contribution >= 0.6 is 12.2 Å². The first-order chi connectivity index (χ1) is 10.1. The molecule has 0 amide bonds. The monoisotopic (exact) mass is 299 g/mol. The first-order valence-electron chi connectivity index (χ1n) is 6.79. The van der Waals surface area contributed by atoms with Crippen LogP contribution in [0.4, 0.5) is 0 Å². The van der Waals surface area contributed by atoms with Crippen LogP contribution in [0.15, 0.2) is 18.2 Å². The van der Waals surface area contributed by atoms with Crippen LogP contribution < -0.4 is 4.74 Å². The van der Waals surface area contributed by atoms with Crippen LogP contribution in [0.25, 0.3) is 11.3 Å². The maximum Gasteiger partial charge on any atom is 0.133 e. The second kappa shape index (κ2) is 6.51. The summed E-state index contributed by atoms with van der Waals surface area (Å²) < 4.78 is 5.99. The lowest BCUT2D eigenvalue weighted by Crippen LogP contribution is -2.01. The Morgan fingerprint density at radius 1 is 1.43 bits per heavy atom. The Bertz CT molecular complexity index is 759.